The Morgan fingerprint density at radius 2 is 1.69 bits per heavy atom. The van der Waals surface area contributed by atoms with E-state index in [1.54, 1.807) is 36.4 Å². The quantitative estimate of drug-likeness (QED) is 0.256. The summed E-state index contributed by atoms with van der Waals surface area (Å²) in [6.45, 7) is 3.82. The summed E-state index contributed by atoms with van der Waals surface area (Å²) in [7, 11) is 0. The van der Waals surface area contributed by atoms with Crippen molar-refractivity contribution < 1.29 is 17.9 Å². The second-order valence-corrected chi connectivity index (χ2v) is 9.25. The summed E-state index contributed by atoms with van der Waals surface area (Å²) in [6.07, 6.45) is -4.86. The van der Waals surface area contributed by atoms with Gasteiger partial charge in [-0.2, -0.15) is 18.4 Å². The molecule has 0 aliphatic heterocycles. The van der Waals surface area contributed by atoms with Gasteiger partial charge in [0.05, 0.1) is 17.8 Å². The molecule has 0 bridgehead atoms. The van der Waals surface area contributed by atoms with Gasteiger partial charge in [-0.1, -0.05) is 45.8 Å². The number of halogens is 4. The zero-order valence-corrected chi connectivity index (χ0v) is 20.9. The molecule has 1 heterocycles. The first kappa shape index (κ1) is 25.3. The number of hydrogen-bond acceptors (Lipinski definition) is 3. The van der Waals surface area contributed by atoms with Crippen molar-refractivity contribution in [2.24, 2.45) is 0 Å². The Balaban J connectivity index is 1.83. The monoisotopic (exact) mass is 552 g/mol. The summed E-state index contributed by atoms with van der Waals surface area (Å²) in [6, 6.07) is 21.6. The molecule has 4 nitrogen and oxygen atoms in total. The smallest absolute Gasteiger partial charge is 0.417 e. The number of nitrogens with zero attached hydrogens (tertiary/aromatic N) is 2. The third-order valence-corrected chi connectivity index (χ3v) is 6.22. The predicted molar refractivity (Wildman–Crippen MR) is 135 cm³/mol. The first-order valence-corrected chi connectivity index (χ1v) is 11.7. The van der Waals surface area contributed by atoms with Gasteiger partial charge in [-0.3, -0.25) is 4.79 Å². The molecule has 8 heteroatoms. The Morgan fingerprint density at radius 1 is 0.972 bits per heavy atom. The van der Waals surface area contributed by atoms with Gasteiger partial charge in [0.1, 0.15) is 23.1 Å². The highest BCUT2D eigenvalue weighted by molar-refractivity contribution is 9.10. The molecule has 0 aliphatic rings. The van der Waals surface area contributed by atoms with Crippen molar-refractivity contribution in [3.63, 3.8) is 0 Å². The van der Waals surface area contributed by atoms with Crippen molar-refractivity contribution in [3.05, 3.63) is 115 Å². The molecule has 0 saturated carbocycles. The van der Waals surface area contributed by atoms with Crippen molar-refractivity contribution in [2.75, 3.05) is 0 Å². The molecule has 0 radical (unpaired) electrons. The van der Waals surface area contributed by atoms with Crippen LogP contribution in [-0.4, -0.2) is 4.57 Å². The number of benzene rings is 3. The highest BCUT2D eigenvalue weighted by Gasteiger charge is 2.36. The van der Waals surface area contributed by atoms with Crippen molar-refractivity contribution in [1.82, 2.24) is 4.57 Å². The lowest BCUT2D eigenvalue weighted by Gasteiger charge is -2.19. The molecule has 0 atom stereocenters. The van der Waals surface area contributed by atoms with Gasteiger partial charge < -0.3 is 9.30 Å². The van der Waals surface area contributed by atoms with Crippen LogP contribution in [0.4, 0.5) is 13.2 Å². The fourth-order valence-electron chi connectivity index (χ4n) is 3.93. The van der Waals surface area contributed by atoms with Crippen LogP contribution in [0.15, 0.2) is 82.1 Å². The maximum atomic E-state index is 13.8. The lowest BCUT2D eigenvalue weighted by Crippen LogP contribution is -2.29. The van der Waals surface area contributed by atoms with E-state index >= 15 is 0 Å². The Bertz CT molecular complexity index is 1530. The molecule has 182 valence electrons. The first-order valence-electron chi connectivity index (χ1n) is 10.9. The van der Waals surface area contributed by atoms with Crippen LogP contribution in [0.3, 0.4) is 0 Å². The van der Waals surface area contributed by atoms with Crippen LogP contribution in [0.2, 0.25) is 0 Å². The molecule has 4 aromatic rings. The fraction of sp³-hybridized carbons (Fsp3) is 0.143. The molecular formula is C28H20BrF3N2O2. The molecule has 0 aliphatic carbocycles. The Hall–Kier alpha value is -3.83. The van der Waals surface area contributed by atoms with Crippen LogP contribution in [-0.2, 0) is 12.7 Å². The van der Waals surface area contributed by atoms with Crippen molar-refractivity contribution in [3.8, 4) is 28.8 Å². The molecule has 3 aromatic carbocycles. The van der Waals surface area contributed by atoms with Gasteiger partial charge >= 0.3 is 6.18 Å². The van der Waals surface area contributed by atoms with E-state index in [0.29, 0.717) is 17.1 Å². The minimum absolute atomic E-state index is 0.0173. The number of aryl methyl sites for hydroxylation is 2. The molecular weight excluding hydrogens is 533 g/mol. The highest BCUT2D eigenvalue weighted by Crippen LogP contribution is 2.34. The molecule has 1 aromatic heterocycles. The highest BCUT2D eigenvalue weighted by atomic mass is 79.9. The maximum Gasteiger partial charge on any atom is 0.417 e. The number of hydrogen-bond donors (Lipinski definition) is 0. The topological polar surface area (TPSA) is 55.0 Å². The summed E-state index contributed by atoms with van der Waals surface area (Å²) >= 11 is 3.38. The van der Waals surface area contributed by atoms with E-state index in [2.05, 4.69) is 15.9 Å². The van der Waals surface area contributed by atoms with Gasteiger partial charge in [0.2, 0.25) is 0 Å². The van der Waals surface area contributed by atoms with E-state index in [1.807, 2.05) is 44.2 Å². The molecule has 0 spiro atoms. The largest absolute Gasteiger partial charge is 0.457 e. The zero-order valence-electron chi connectivity index (χ0n) is 19.4. The van der Waals surface area contributed by atoms with Gasteiger partial charge in [0.25, 0.3) is 5.56 Å². The molecule has 36 heavy (non-hydrogen) atoms. The van der Waals surface area contributed by atoms with Crippen LogP contribution < -0.4 is 10.3 Å². The summed E-state index contributed by atoms with van der Waals surface area (Å²) in [5.74, 6) is 1.06. The van der Waals surface area contributed by atoms with Gasteiger partial charge in [-0.05, 0) is 79.1 Å². The number of aromatic nitrogens is 1. The van der Waals surface area contributed by atoms with E-state index in [0.717, 1.165) is 27.2 Å². The van der Waals surface area contributed by atoms with Crippen molar-refractivity contribution >= 4 is 15.9 Å². The second-order valence-electron chi connectivity index (χ2n) is 8.33. The van der Waals surface area contributed by atoms with Gasteiger partial charge in [-0.25, -0.2) is 0 Å². The summed E-state index contributed by atoms with van der Waals surface area (Å²) < 4.78 is 49.3. The summed E-state index contributed by atoms with van der Waals surface area (Å²) in [5, 5.41) is 9.42. The van der Waals surface area contributed by atoms with Crippen molar-refractivity contribution in [1.29, 1.82) is 5.26 Å². The third-order valence-electron chi connectivity index (χ3n) is 5.73. The van der Waals surface area contributed by atoms with E-state index in [4.69, 9.17) is 4.74 Å². The minimum atomic E-state index is -4.86. The number of pyridine rings is 1. The van der Waals surface area contributed by atoms with Gasteiger partial charge in [0, 0.05) is 4.47 Å². The zero-order chi connectivity index (χ0) is 26.0. The van der Waals surface area contributed by atoms with E-state index < -0.39 is 22.9 Å². The van der Waals surface area contributed by atoms with E-state index in [9.17, 15) is 23.2 Å². The average Bonchev–Trinajstić information content (AvgIpc) is 2.81. The van der Waals surface area contributed by atoms with Crippen LogP contribution >= 0.6 is 15.9 Å². The Labute approximate surface area is 214 Å². The van der Waals surface area contributed by atoms with Gasteiger partial charge in [-0.15, -0.1) is 0 Å². The molecule has 0 saturated heterocycles. The SMILES string of the molecule is Cc1ccc(Cn2c(-c3ccc(Oc4cccc(Br)c4)cc3)cc(C(F)(F)F)c(C#N)c2=O)c(C)c1. The van der Waals surface area contributed by atoms with Crippen LogP contribution in [0.5, 0.6) is 11.5 Å². The summed E-state index contributed by atoms with van der Waals surface area (Å²) in [5.41, 5.74) is -0.0475. The third kappa shape index (κ3) is 5.37. The average molecular weight is 553 g/mol. The molecule has 0 amide bonds. The maximum absolute atomic E-state index is 13.8. The van der Waals surface area contributed by atoms with Crippen LogP contribution in [0, 0.1) is 25.2 Å². The van der Waals surface area contributed by atoms with E-state index in [-0.39, 0.29) is 12.2 Å². The standard InChI is InChI=1S/C28H20BrF3N2O2/c1-17-6-7-20(18(2)12-17)16-34-26(14-25(28(30,31)32)24(15-33)27(34)35)19-8-10-22(11-9-19)36-23-5-3-4-21(29)13-23/h3-14H,16H2,1-2H3. The Kier molecular flexibility index (Phi) is 7.04. The minimum Gasteiger partial charge on any atom is -0.457 e. The molecule has 0 unspecified atom stereocenters. The lowest BCUT2D eigenvalue weighted by atomic mass is 10.0. The number of nitriles is 1. The van der Waals surface area contributed by atoms with Gasteiger partial charge in [0.15, 0.2) is 0 Å². The van der Waals surface area contributed by atoms with Crippen molar-refractivity contribution in [2.45, 2.75) is 26.6 Å². The van der Waals surface area contributed by atoms with Crippen LogP contribution in [0.25, 0.3) is 11.3 Å². The molecule has 4 rings (SSSR count). The molecule has 0 N–H and O–H groups in total. The van der Waals surface area contributed by atoms with Crippen LogP contribution in [0.1, 0.15) is 27.8 Å². The first-order chi connectivity index (χ1) is 17.1. The van der Waals surface area contributed by atoms with E-state index in [1.165, 1.54) is 10.6 Å². The normalized spacial score (nSPS) is 11.2. The molecule has 0 fully saturated rings. The second kappa shape index (κ2) is 10.0. The summed E-state index contributed by atoms with van der Waals surface area (Å²) in [4.78, 5) is 13.2. The number of ether oxygens (including phenoxy) is 1. The Morgan fingerprint density at radius 3 is 2.31 bits per heavy atom. The number of rotatable bonds is 5. The predicted octanol–water partition coefficient (Wildman–Crippen LogP) is 7.63. The lowest BCUT2D eigenvalue weighted by molar-refractivity contribution is -0.137. The fourth-order valence-corrected chi connectivity index (χ4v) is 4.31. The number of alkyl halides is 3.